The third-order valence-corrected chi connectivity index (χ3v) is 5.18. The first kappa shape index (κ1) is 15.9. The first-order chi connectivity index (χ1) is 11.0. The molecule has 4 nitrogen and oxygen atoms in total. The van der Waals surface area contributed by atoms with Crippen LogP contribution in [-0.4, -0.2) is 24.1 Å². The first-order valence-electron chi connectivity index (χ1n) is 7.13. The fourth-order valence-corrected chi connectivity index (χ4v) is 3.56. The average molecular weight is 347 g/mol. The standard InChI is InChI=1S/C17H15ClN2O2S/c1-20(12-8-6-11(18)7-9-12)16(21)10-15-17(22)19-13-4-2-3-5-14(13)23-15/h2-9,15H,10H2,1H3,(H,19,22)/t15-/m0/s1. The monoisotopic (exact) mass is 346 g/mol. The van der Waals surface area contributed by atoms with E-state index in [4.69, 9.17) is 11.6 Å². The normalized spacial score (nSPS) is 16.4. The maximum absolute atomic E-state index is 12.5. The van der Waals surface area contributed by atoms with E-state index in [1.807, 2.05) is 24.3 Å². The minimum atomic E-state index is -0.424. The molecule has 1 aliphatic heterocycles. The van der Waals surface area contributed by atoms with Crippen LogP contribution < -0.4 is 10.2 Å². The lowest BCUT2D eigenvalue weighted by atomic mass is 10.2. The summed E-state index contributed by atoms with van der Waals surface area (Å²) in [6.07, 6.45) is 0.143. The van der Waals surface area contributed by atoms with Crippen LogP contribution in [-0.2, 0) is 9.59 Å². The van der Waals surface area contributed by atoms with Gasteiger partial charge in [-0.2, -0.15) is 0 Å². The number of nitrogens with zero attached hydrogens (tertiary/aromatic N) is 1. The molecule has 1 aliphatic rings. The summed E-state index contributed by atoms with van der Waals surface area (Å²) in [6.45, 7) is 0. The molecule has 0 saturated heterocycles. The maximum atomic E-state index is 12.5. The third-order valence-electron chi connectivity index (χ3n) is 3.65. The van der Waals surface area contributed by atoms with E-state index in [9.17, 15) is 9.59 Å². The zero-order valence-electron chi connectivity index (χ0n) is 12.5. The fourth-order valence-electron chi connectivity index (χ4n) is 2.33. The summed E-state index contributed by atoms with van der Waals surface area (Å²) in [6, 6.07) is 14.6. The highest BCUT2D eigenvalue weighted by molar-refractivity contribution is 8.01. The Hall–Kier alpha value is -1.98. The summed E-state index contributed by atoms with van der Waals surface area (Å²) in [5, 5.41) is 3.05. The Balaban J connectivity index is 1.70. The van der Waals surface area contributed by atoms with Gasteiger partial charge in [0.15, 0.2) is 0 Å². The van der Waals surface area contributed by atoms with E-state index < -0.39 is 5.25 Å². The summed E-state index contributed by atoms with van der Waals surface area (Å²) in [5.74, 6) is -0.245. The number of para-hydroxylation sites is 1. The number of nitrogens with one attached hydrogen (secondary N) is 1. The number of amides is 2. The zero-order valence-corrected chi connectivity index (χ0v) is 14.0. The van der Waals surface area contributed by atoms with Gasteiger partial charge in [-0.1, -0.05) is 23.7 Å². The molecule has 0 unspecified atom stereocenters. The van der Waals surface area contributed by atoms with Gasteiger partial charge in [0.1, 0.15) is 0 Å². The zero-order chi connectivity index (χ0) is 16.4. The molecule has 3 rings (SSSR count). The lowest BCUT2D eigenvalue weighted by molar-refractivity contribution is -0.122. The second-order valence-corrected chi connectivity index (χ2v) is 6.91. The Morgan fingerprint density at radius 1 is 1.22 bits per heavy atom. The molecule has 0 aromatic heterocycles. The van der Waals surface area contributed by atoms with Gasteiger partial charge in [0.05, 0.1) is 10.9 Å². The largest absolute Gasteiger partial charge is 0.324 e. The molecule has 1 N–H and O–H groups in total. The van der Waals surface area contributed by atoms with Crippen molar-refractivity contribution < 1.29 is 9.59 Å². The minimum Gasteiger partial charge on any atom is -0.324 e. The van der Waals surface area contributed by atoms with E-state index in [0.717, 1.165) is 16.3 Å². The molecule has 2 amide bonds. The predicted molar refractivity (Wildman–Crippen MR) is 94.2 cm³/mol. The quantitative estimate of drug-likeness (QED) is 0.919. The van der Waals surface area contributed by atoms with Gasteiger partial charge in [0, 0.05) is 29.1 Å². The van der Waals surface area contributed by atoms with Gasteiger partial charge in [-0.25, -0.2) is 0 Å². The van der Waals surface area contributed by atoms with Gasteiger partial charge in [-0.05, 0) is 36.4 Å². The van der Waals surface area contributed by atoms with Crippen LogP contribution in [0.4, 0.5) is 11.4 Å². The van der Waals surface area contributed by atoms with E-state index >= 15 is 0 Å². The molecular weight excluding hydrogens is 332 g/mol. The SMILES string of the molecule is CN(C(=O)C[C@@H]1Sc2ccccc2NC1=O)c1ccc(Cl)cc1. The fraction of sp³-hybridized carbons (Fsp3) is 0.176. The van der Waals surface area contributed by atoms with Crippen molar-refractivity contribution in [2.75, 3.05) is 17.3 Å². The lowest BCUT2D eigenvalue weighted by Gasteiger charge is -2.25. The second kappa shape index (κ2) is 6.64. The molecule has 0 bridgehead atoms. The van der Waals surface area contributed by atoms with Crippen LogP contribution in [0.25, 0.3) is 0 Å². The number of hydrogen-bond donors (Lipinski definition) is 1. The van der Waals surface area contributed by atoms with Crippen LogP contribution in [0.2, 0.25) is 5.02 Å². The summed E-state index contributed by atoms with van der Waals surface area (Å²) < 4.78 is 0. The molecule has 0 fully saturated rings. The average Bonchev–Trinajstić information content (AvgIpc) is 2.55. The van der Waals surface area contributed by atoms with Crippen LogP contribution in [0.1, 0.15) is 6.42 Å². The number of rotatable bonds is 3. The van der Waals surface area contributed by atoms with Crippen molar-refractivity contribution in [1.29, 1.82) is 0 Å². The minimum absolute atomic E-state index is 0.112. The van der Waals surface area contributed by atoms with Crippen molar-refractivity contribution in [3.63, 3.8) is 0 Å². The third kappa shape index (κ3) is 3.51. The predicted octanol–water partition coefficient (Wildman–Crippen LogP) is 3.81. The van der Waals surface area contributed by atoms with Crippen molar-refractivity contribution in [3.05, 3.63) is 53.6 Å². The van der Waals surface area contributed by atoms with Gasteiger partial charge < -0.3 is 10.2 Å². The van der Waals surface area contributed by atoms with E-state index in [1.165, 1.54) is 11.8 Å². The second-order valence-electron chi connectivity index (χ2n) is 5.23. The molecule has 0 aliphatic carbocycles. The summed E-state index contributed by atoms with van der Waals surface area (Å²) in [7, 11) is 1.70. The Morgan fingerprint density at radius 2 is 1.91 bits per heavy atom. The summed E-state index contributed by atoms with van der Waals surface area (Å²) in [5.41, 5.74) is 1.55. The molecular formula is C17H15ClN2O2S. The summed E-state index contributed by atoms with van der Waals surface area (Å²) in [4.78, 5) is 27.2. The topological polar surface area (TPSA) is 49.4 Å². The number of thioether (sulfide) groups is 1. The Bertz CT molecular complexity index is 749. The van der Waals surface area contributed by atoms with E-state index in [2.05, 4.69) is 5.32 Å². The number of anilines is 2. The smallest absolute Gasteiger partial charge is 0.238 e. The van der Waals surface area contributed by atoms with Gasteiger partial charge in [-0.3, -0.25) is 9.59 Å². The Morgan fingerprint density at radius 3 is 2.65 bits per heavy atom. The number of benzene rings is 2. The van der Waals surface area contributed by atoms with Crippen LogP contribution in [0.15, 0.2) is 53.4 Å². The number of fused-ring (bicyclic) bond motifs is 1. The Labute approximate surface area is 143 Å². The van der Waals surface area contributed by atoms with E-state index in [-0.39, 0.29) is 18.2 Å². The van der Waals surface area contributed by atoms with Crippen LogP contribution >= 0.6 is 23.4 Å². The van der Waals surface area contributed by atoms with Crippen LogP contribution in [0.3, 0.4) is 0 Å². The van der Waals surface area contributed by atoms with Crippen molar-refractivity contribution >= 4 is 46.6 Å². The molecule has 0 saturated carbocycles. The highest BCUT2D eigenvalue weighted by Crippen LogP contribution is 2.36. The molecule has 1 heterocycles. The molecule has 1 atom stereocenters. The first-order valence-corrected chi connectivity index (χ1v) is 8.39. The lowest BCUT2D eigenvalue weighted by Crippen LogP contribution is -2.35. The summed E-state index contributed by atoms with van der Waals surface area (Å²) >= 11 is 7.29. The van der Waals surface area contributed by atoms with Gasteiger partial charge >= 0.3 is 0 Å². The number of carbonyl (C=O) groups excluding carboxylic acids is 2. The number of hydrogen-bond acceptors (Lipinski definition) is 3. The van der Waals surface area contributed by atoms with Crippen molar-refractivity contribution in [1.82, 2.24) is 0 Å². The molecule has 118 valence electrons. The molecule has 2 aromatic rings. The molecule has 0 spiro atoms. The van der Waals surface area contributed by atoms with Crippen molar-refractivity contribution in [2.45, 2.75) is 16.6 Å². The van der Waals surface area contributed by atoms with Crippen molar-refractivity contribution in [3.8, 4) is 0 Å². The highest BCUT2D eigenvalue weighted by atomic mass is 35.5. The number of halogens is 1. The molecule has 0 radical (unpaired) electrons. The maximum Gasteiger partial charge on any atom is 0.238 e. The highest BCUT2D eigenvalue weighted by Gasteiger charge is 2.29. The molecule has 6 heteroatoms. The van der Waals surface area contributed by atoms with Gasteiger partial charge in [0.25, 0.3) is 0 Å². The molecule has 2 aromatic carbocycles. The Kier molecular flexibility index (Phi) is 4.59. The van der Waals surface area contributed by atoms with Crippen molar-refractivity contribution in [2.24, 2.45) is 0 Å². The van der Waals surface area contributed by atoms with E-state index in [1.54, 1.807) is 36.2 Å². The van der Waals surface area contributed by atoms with Crippen LogP contribution in [0.5, 0.6) is 0 Å². The number of carbonyl (C=O) groups is 2. The van der Waals surface area contributed by atoms with E-state index in [0.29, 0.717) is 5.02 Å². The van der Waals surface area contributed by atoms with Gasteiger partial charge in [-0.15, -0.1) is 11.8 Å². The van der Waals surface area contributed by atoms with Crippen LogP contribution in [0, 0.1) is 0 Å². The molecule has 23 heavy (non-hydrogen) atoms. The van der Waals surface area contributed by atoms with Gasteiger partial charge in [0.2, 0.25) is 11.8 Å².